The van der Waals surface area contributed by atoms with Gasteiger partial charge in [0.1, 0.15) is 29.0 Å². The van der Waals surface area contributed by atoms with Crippen molar-refractivity contribution in [1.82, 2.24) is 40.2 Å². The molecule has 0 saturated carbocycles. The molecule has 1 fully saturated rings. The van der Waals surface area contributed by atoms with Gasteiger partial charge >= 0.3 is 5.97 Å². The smallest absolute Gasteiger partial charge is 0.308 e. The number of likely N-dealkylation sites (tertiary alicyclic amines) is 1. The molecule has 8 rings (SSSR count). The van der Waals surface area contributed by atoms with Crippen LogP contribution in [0.3, 0.4) is 0 Å². The lowest BCUT2D eigenvalue weighted by atomic mass is 9.85. The summed E-state index contributed by atoms with van der Waals surface area (Å²) in [4.78, 5) is 69.7. The third-order valence-electron chi connectivity index (χ3n) is 13.4. The van der Waals surface area contributed by atoms with Crippen molar-refractivity contribution < 1.29 is 29.0 Å². The molecule has 0 bridgehead atoms. The molecule has 1 saturated heterocycles. The maximum atomic E-state index is 14.3. The number of ether oxygens (including phenoxy) is 1. The van der Waals surface area contributed by atoms with E-state index in [1.165, 1.54) is 22.5 Å². The zero-order chi connectivity index (χ0) is 48.6. The van der Waals surface area contributed by atoms with Crippen LogP contribution < -0.4 is 10.6 Å². The first kappa shape index (κ1) is 48.6. The Bertz CT molecular complexity index is 2770. The van der Waals surface area contributed by atoms with Crippen LogP contribution in [-0.4, -0.2) is 116 Å². The number of thiazole rings is 1. The molecule has 358 valence electrons. The average molecular weight is 960 g/mol. The van der Waals surface area contributed by atoms with Gasteiger partial charge in [0.25, 0.3) is 0 Å². The molecule has 68 heavy (non-hydrogen) atoms. The lowest BCUT2D eigenvalue weighted by Crippen LogP contribution is -2.58. The Morgan fingerprint density at radius 3 is 2.31 bits per heavy atom. The van der Waals surface area contributed by atoms with E-state index in [0.717, 1.165) is 73.5 Å². The molecule has 2 aromatic carbocycles. The lowest BCUT2D eigenvalue weighted by Gasteiger charge is -2.35. The molecule has 17 heteroatoms. The Morgan fingerprint density at radius 1 is 0.956 bits per heavy atom. The fraction of sp³-hybridized carbons (Fsp3) is 0.451. The summed E-state index contributed by atoms with van der Waals surface area (Å²) in [6.45, 7) is 17.6. The Kier molecular flexibility index (Phi) is 14.3. The number of amides is 3. The van der Waals surface area contributed by atoms with E-state index in [0.29, 0.717) is 18.9 Å². The standard InChI is InChI=1S/C51H61N9O6S2/c1-28-31(4)68-50-43(28)44(54-39(25-42(63)66-9)47-57-56-32(5)60(47)50)36-14-12-34(13-15-36)35-18-21-58(22-19-35)23-20-41(62)55-46(51(6,7)8)49(65)59-26-38(61)24-40(59)48(64)53-29(2)33-10-16-37(17-11-33)45-30(3)52-27-67-45/h10-18,27,29,38-40,46,61H,19-26H2,1-9H3,(H,53,64)(H,55,62)/t29-,38+,39-,40-,46?/m0/s1. The number of carbonyl (C=O) groups excluding carboxylic acids is 4. The van der Waals surface area contributed by atoms with Crippen molar-refractivity contribution in [2.24, 2.45) is 10.4 Å². The van der Waals surface area contributed by atoms with Gasteiger partial charge in [0, 0.05) is 55.0 Å². The zero-order valence-corrected chi connectivity index (χ0v) is 41.9. The van der Waals surface area contributed by atoms with Gasteiger partial charge in [-0.05, 0) is 74.3 Å². The number of thiophene rings is 1. The van der Waals surface area contributed by atoms with Crippen molar-refractivity contribution in [2.75, 3.05) is 33.3 Å². The van der Waals surface area contributed by atoms with Crippen molar-refractivity contribution in [3.8, 4) is 15.4 Å². The minimum absolute atomic E-state index is 0.00726. The van der Waals surface area contributed by atoms with Crippen LogP contribution in [0.4, 0.5) is 0 Å². The van der Waals surface area contributed by atoms with E-state index in [9.17, 15) is 24.3 Å². The molecule has 5 aromatic rings. The van der Waals surface area contributed by atoms with Crippen LogP contribution in [0, 0.1) is 33.1 Å². The minimum atomic E-state index is -0.905. The monoisotopic (exact) mass is 959 g/mol. The molecule has 0 spiro atoms. The van der Waals surface area contributed by atoms with Crippen molar-refractivity contribution >= 4 is 57.6 Å². The average Bonchev–Trinajstić information content (AvgIpc) is 4.09. The molecule has 0 aliphatic carbocycles. The topological polar surface area (TPSA) is 184 Å². The highest BCUT2D eigenvalue weighted by Crippen LogP contribution is 2.40. The van der Waals surface area contributed by atoms with Gasteiger partial charge in [0.15, 0.2) is 5.82 Å². The number of nitrogens with zero attached hydrogens (tertiary/aromatic N) is 7. The van der Waals surface area contributed by atoms with Gasteiger partial charge in [0.2, 0.25) is 17.7 Å². The summed E-state index contributed by atoms with van der Waals surface area (Å²) in [5.74, 6) is -0.00789. The SMILES string of the molecule is COC(=O)C[C@@H]1N=C(c2ccc(C3=CCN(CCC(=O)NC(C(=O)N4C[C@H](O)C[C@H]4C(=O)N[C@@H](C)c4ccc(-c5scnc5C)cc4)C(C)(C)C)CC3)cc2)c2c(sc(C)c2C)-n2c(C)nnc21. The molecule has 3 aromatic heterocycles. The van der Waals surface area contributed by atoms with Gasteiger partial charge in [-0.2, -0.15) is 0 Å². The lowest BCUT2D eigenvalue weighted by molar-refractivity contribution is -0.144. The number of β-amino-alcohol motifs (C(OH)–C–C–N with tert-alkyl or cyclic N) is 1. The number of nitrogens with one attached hydrogen (secondary N) is 2. The van der Waals surface area contributed by atoms with Crippen molar-refractivity contribution in [1.29, 1.82) is 0 Å². The number of carbonyl (C=O) groups is 4. The number of hydrogen-bond donors (Lipinski definition) is 3. The van der Waals surface area contributed by atoms with E-state index < -0.39 is 29.6 Å². The molecule has 3 N–H and O–H groups in total. The molecule has 5 atom stereocenters. The number of fused-ring (bicyclic) bond motifs is 3. The predicted molar refractivity (Wildman–Crippen MR) is 265 cm³/mol. The molecule has 3 amide bonds. The van der Waals surface area contributed by atoms with E-state index >= 15 is 0 Å². The highest BCUT2D eigenvalue weighted by atomic mass is 32.1. The number of aliphatic hydroxyl groups is 1. The molecule has 15 nitrogen and oxygen atoms in total. The summed E-state index contributed by atoms with van der Waals surface area (Å²) in [5.41, 5.74) is 10.3. The quantitative estimate of drug-likeness (QED) is 0.104. The van der Waals surface area contributed by atoms with E-state index in [4.69, 9.17) is 9.73 Å². The molecule has 3 aliphatic rings. The summed E-state index contributed by atoms with van der Waals surface area (Å²) < 4.78 is 7.07. The van der Waals surface area contributed by atoms with Gasteiger partial charge in [-0.3, -0.25) is 33.6 Å². The van der Waals surface area contributed by atoms with Crippen molar-refractivity contribution in [2.45, 2.75) is 111 Å². The van der Waals surface area contributed by atoms with Crippen LogP contribution >= 0.6 is 22.7 Å². The summed E-state index contributed by atoms with van der Waals surface area (Å²) in [7, 11) is 1.38. The first-order valence-electron chi connectivity index (χ1n) is 23.2. The van der Waals surface area contributed by atoms with E-state index in [2.05, 4.69) is 74.9 Å². The van der Waals surface area contributed by atoms with Gasteiger partial charge in [-0.25, -0.2) is 4.98 Å². The van der Waals surface area contributed by atoms with Gasteiger partial charge in [0.05, 0.1) is 47.5 Å². The van der Waals surface area contributed by atoms with Crippen LogP contribution in [0.25, 0.3) is 21.0 Å². The summed E-state index contributed by atoms with van der Waals surface area (Å²) in [5, 5.41) is 26.6. The third kappa shape index (κ3) is 10.1. The maximum absolute atomic E-state index is 14.3. The summed E-state index contributed by atoms with van der Waals surface area (Å²) >= 11 is 3.25. The molecular weight excluding hydrogens is 899 g/mol. The zero-order valence-electron chi connectivity index (χ0n) is 40.3. The summed E-state index contributed by atoms with van der Waals surface area (Å²) in [6.07, 6.45) is 2.49. The van der Waals surface area contributed by atoms with E-state index in [1.54, 1.807) is 22.7 Å². The second-order valence-corrected chi connectivity index (χ2v) is 21.2. The molecule has 3 aliphatic heterocycles. The number of aryl methyl sites for hydroxylation is 3. The number of hydrogen-bond acceptors (Lipinski definition) is 13. The van der Waals surface area contributed by atoms with Gasteiger partial charge < -0.3 is 25.4 Å². The molecule has 1 unspecified atom stereocenters. The van der Waals surface area contributed by atoms with Crippen LogP contribution in [-0.2, 0) is 23.9 Å². The number of aliphatic imine (C=N–C) groups is 1. The highest BCUT2D eigenvalue weighted by Gasteiger charge is 2.45. The normalized spacial score (nSPS) is 19.3. The van der Waals surface area contributed by atoms with Crippen LogP contribution in [0.5, 0.6) is 0 Å². The minimum Gasteiger partial charge on any atom is -0.469 e. The fourth-order valence-electron chi connectivity index (χ4n) is 9.29. The van der Waals surface area contributed by atoms with Crippen LogP contribution in [0.15, 0.2) is 65.1 Å². The number of aliphatic hydroxyl groups excluding tert-OH is 1. The largest absolute Gasteiger partial charge is 0.469 e. The maximum Gasteiger partial charge on any atom is 0.308 e. The number of benzene rings is 2. The van der Waals surface area contributed by atoms with Crippen molar-refractivity contribution in [3.63, 3.8) is 0 Å². The second kappa shape index (κ2) is 20.0. The van der Waals surface area contributed by atoms with Gasteiger partial charge in [-0.15, -0.1) is 32.9 Å². The van der Waals surface area contributed by atoms with E-state index in [1.807, 2.05) is 75.9 Å². The number of aromatic nitrogens is 4. The first-order valence-corrected chi connectivity index (χ1v) is 24.9. The number of rotatable bonds is 13. The van der Waals surface area contributed by atoms with Crippen LogP contribution in [0.1, 0.15) is 115 Å². The molecule has 0 radical (unpaired) electrons. The predicted octanol–water partition coefficient (Wildman–Crippen LogP) is 6.99. The Morgan fingerprint density at radius 2 is 1.66 bits per heavy atom. The fourth-order valence-corrected chi connectivity index (χ4v) is 11.3. The van der Waals surface area contributed by atoms with E-state index in [-0.39, 0.29) is 55.5 Å². The van der Waals surface area contributed by atoms with Crippen LogP contribution in [0.2, 0.25) is 0 Å². The Hall–Kier alpha value is -5.88. The Labute approximate surface area is 405 Å². The third-order valence-corrected chi connectivity index (χ3v) is 15.5. The summed E-state index contributed by atoms with van der Waals surface area (Å²) in [6, 6.07) is 13.7. The second-order valence-electron chi connectivity index (χ2n) is 19.2. The van der Waals surface area contributed by atoms with Gasteiger partial charge in [-0.1, -0.05) is 75.4 Å². The highest BCUT2D eigenvalue weighted by molar-refractivity contribution is 7.15. The van der Waals surface area contributed by atoms with Crippen molar-refractivity contribution in [3.05, 3.63) is 110 Å². The first-order chi connectivity index (χ1) is 32.4. The number of methoxy groups -OCH3 is 1. The molecular formula is C51H61N9O6S2. The molecule has 6 heterocycles. The number of esters is 1. The Balaban J connectivity index is 0.881.